The molecule has 2 heterocycles. The van der Waals surface area contributed by atoms with Crippen molar-refractivity contribution in [1.29, 1.82) is 0 Å². The maximum absolute atomic E-state index is 6.28. The third kappa shape index (κ3) is 6.33. The van der Waals surface area contributed by atoms with Crippen LogP contribution < -0.4 is 26.0 Å². The van der Waals surface area contributed by atoms with Crippen LogP contribution in [-0.4, -0.2) is 47.2 Å². The molecule has 0 spiro atoms. The number of nitrogens with zero attached hydrogens (tertiary/aromatic N) is 3. The van der Waals surface area contributed by atoms with Gasteiger partial charge < -0.3 is 26.0 Å². The van der Waals surface area contributed by atoms with Gasteiger partial charge in [-0.2, -0.15) is 15.0 Å². The molecule has 0 atom stereocenters. The van der Waals surface area contributed by atoms with Crippen molar-refractivity contribution >= 4 is 35.1 Å². The number of aromatic nitrogens is 3. The smallest absolute Gasteiger partial charge is 0.233 e. The zero-order valence-corrected chi connectivity index (χ0v) is 18.8. The molecule has 0 bridgehead atoms. The molecule has 2 aliphatic rings. The van der Waals surface area contributed by atoms with Crippen molar-refractivity contribution in [3.63, 3.8) is 0 Å². The van der Waals surface area contributed by atoms with E-state index in [-0.39, 0.29) is 1.43 Å². The second-order valence-electron chi connectivity index (χ2n) is 8.28. The van der Waals surface area contributed by atoms with Crippen molar-refractivity contribution in [3.8, 4) is 5.75 Å². The molecule has 1 aliphatic carbocycles. The maximum atomic E-state index is 6.28. The molecule has 0 amide bonds. The monoisotopic (exact) mass is 447 g/mol. The molecule has 1 aromatic heterocycles. The van der Waals surface area contributed by atoms with Gasteiger partial charge in [-0.05, 0) is 57.0 Å². The zero-order chi connectivity index (χ0) is 21.5. The third-order valence-electron chi connectivity index (χ3n) is 5.90. The van der Waals surface area contributed by atoms with Gasteiger partial charge in [-0.25, -0.2) is 0 Å². The zero-order valence-electron chi connectivity index (χ0n) is 18.1. The summed E-state index contributed by atoms with van der Waals surface area (Å²) in [5.74, 6) is 2.33. The molecule has 2 aromatic rings. The quantitative estimate of drug-likeness (QED) is 0.448. The Morgan fingerprint density at radius 1 is 0.903 bits per heavy atom. The molecule has 9 heteroatoms. The first-order valence-corrected chi connectivity index (χ1v) is 11.7. The number of piperidine rings is 1. The van der Waals surface area contributed by atoms with Gasteiger partial charge in [0.25, 0.3) is 0 Å². The average molecular weight is 448 g/mol. The Kier molecular flexibility index (Phi) is 7.64. The Morgan fingerprint density at radius 3 is 2.13 bits per heavy atom. The van der Waals surface area contributed by atoms with Gasteiger partial charge in [0.15, 0.2) is 0 Å². The van der Waals surface area contributed by atoms with Gasteiger partial charge >= 0.3 is 0 Å². The van der Waals surface area contributed by atoms with Crippen LogP contribution in [0.3, 0.4) is 0 Å². The van der Waals surface area contributed by atoms with Crippen LogP contribution in [0.1, 0.15) is 52.8 Å². The lowest BCUT2D eigenvalue weighted by molar-refractivity contribution is 0.415. The fourth-order valence-corrected chi connectivity index (χ4v) is 4.45. The molecule has 4 rings (SSSR count). The van der Waals surface area contributed by atoms with Gasteiger partial charge in [0.2, 0.25) is 17.8 Å². The van der Waals surface area contributed by atoms with Crippen molar-refractivity contribution in [2.75, 3.05) is 36.1 Å². The van der Waals surface area contributed by atoms with Crippen LogP contribution >= 0.6 is 11.6 Å². The predicted octanol–water partition coefficient (Wildman–Crippen LogP) is 4.82. The van der Waals surface area contributed by atoms with Gasteiger partial charge in [-0.1, -0.05) is 37.3 Å². The predicted molar refractivity (Wildman–Crippen MR) is 128 cm³/mol. The molecule has 170 valence electrons. The lowest BCUT2D eigenvalue weighted by Crippen LogP contribution is -2.36. The molecule has 31 heavy (non-hydrogen) atoms. The largest absolute Gasteiger partial charge is 0.495 e. The van der Waals surface area contributed by atoms with Crippen LogP contribution in [0.2, 0.25) is 5.02 Å². The Labute approximate surface area is 190 Å². The molecular weight excluding hydrogens is 414 g/mol. The Morgan fingerprint density at radius 2 is 1.52 bits per heavy atom. The summed E-state index contributed by atoms with van der Waals surface area (Å²) in [5.41, 5.74) is 0.797. The minimum Gasteiger partial charge on any atom is -0.495 e. The second kappa shape index (κ2) is 10.8. The number of benzene rings is 1. The van der Waals surface area contributed by atoms with Crippen molar-refractivity contribution < 1.29 is 6.16 Å². The molecule has 2 fully saturated rings. The van der Waals surface area contributed by atoms with E-state index in [1.54, 1.807) is 7.11 Å². The summed E-state index contributed by atoms with van der Waals surface area (Å²) in [6, 6.07) is 6.29. The normalized spacial score (nSPS) is 18.3. The summed E-state index contributed by atoms with van der Waals surface area (Å²) in [6.07, 6.45) is 9.52. The molecule has 1 saturated heterocycles. The van der Waals surface area contributed by atoms with Crippen molar-refractivity contribution in [2.45, 2.75) is 63.5 Å². The number of nitrogens with one attached hydrogen (secondary N) is 4. The van der Waals surface area contributed by atoms with Crippen molar-refractivity contribution in [1.82, 2.24) is 20.3 Å². The standard InChI is InChI=1S/C22H32ClN7O.H2/c1-31-19-9-8-17(14-18(19)23)27-22-29-20(25-15-6-4-2-3-5-7-15)28-21(30-22)26-16-10-12-24-13-11-16;/h8-9,14-16,24H,2-7,10-13H2,1H3,(H3,25,26,27,28,29,30);1H. The van der Waals surface area contributed by atoms with Crippen LogP contribution in [0.15, 0.2) is 18.2 Å². The summed E-state index contributed by atoms with van der Waals surface area (Å²) in [7, 11) is 1.60. The first-order valence-electron chi connectivity index (χ1n) is 11.3. The Balaban J connectivity index is 0.00000289. The minimum atomic E-state index is 0. The van der Waals surface area contributed by atoms with E-state index in [1.165, 1.54) is 25.7 Å². The second-order valence-corrected chi connectivity index (χ2v) is 8.69. The van der Waals surface area contributed by atoms with E-state index in [9.17, 15) is 0 Å². The van der Waals surface area contributed by atoms with Gasteiger partial charge in [-0.3, -0.25) is 0 Å². The SMILES string of the molecule is COc1ccc(Nc2nc(NC3CCCCCC3)nc(NC3CCNCC3)n2)cc1Cl.[HH]. The highest BCUT2D eigenvalue weighted by Gasteiger charge is 2.18. The fourth-order valence-electron chi connectivity index (χ4n) is 4.19. The Bertz CT molecular complexity index is 858. The van der Waals surface area contributed by atoms with Crippen molar-refractivity contribution in [3.05, 3.63) is 23.2 Å². The van der Waals surface area contributed by atoms with E-state index in [0.717, 1.165) is 44.5 Å². The van der Waals surface area contributed by atoms with Crippen LogP contribution in [-0.2, 0) is 0 Å². The van der Waals surface area contributed by atoms with Gasteiger partial charge in [-0.15, -0.1) is 0 Å². The summed E-state index contributed by atoms with van der Waals surface area (Å²) in [5, 5.41) is 14.2. The molecule has 1 aromatic carbocycles. The number of ether oxygens (including phenoxy) is 1. The molecule has 1 aliphatic heterocycles. The summed E-state index contributed by atoms with van der Waals surface area (Å²) in [6.45, 7) is 2.01. The lowest BCUT2D eigenvalue weighted by atomic mass is 10.1. The number of hydrogen-bond acceptors (Lipinski definition) is 8. The summed E-state index contributed by atoms with van der Waals surface area (Å²) in [4.78, 5) is 14.0. The number of halogens is 1. The highest BCUT2D eigenvalue weighted by molar-refractivity contribution is 6.32. The molecule has 4 N–H and O–H groups in total. The van der Waals surface area contributed by atoms with Gasteiger partial charge in [0, 0.05) is 19.2 Å². The van der Waals surface area contributed by atoms with E-state index in [4.69, 9.17) is 16.3 Å². The molecule has 0 unspecified atom stereocenters. The van der Waals surface area contributed by atoms with E-state index in [2.05, 4.69) is 36.2 Å². The van der Waals surface area contributed by atoms with Crippen LogP contribution in [0.25, 0.3) is 0 Å². The first-order chi connectivity index (χ1) is 15.2. The highest BCUT2D eigenvalue weighted by atomic mass is 35.5. The summed E-state index contributed by atoms with van der Waals surface area (Å²) >= 11 is 6.28. The van der Waals surface area contributed by atoms with Crippen LogP contribution in [0.4, 0.5) is 23.5 Å². The van der Waals surface area contributed by atoms with E-state index in [1.807, 2.05) is 18.2 Å². The first kappa shape index (κ1) is 21.9. The molecular formula is C22H34ClN7O. The van der Waals surface area contributed by atoms with E-state index in [0.29, 0.717) is 40.7 Å². The number of hydrogen-bond donors (Lipinski definition) is 4. The number of methoxy groups -OCH3 is 1. The maximum Gasteiger partial charge on any atom is 0.233 e. The average Bonchev–Trinajstić information content (AvgIpc) is 3.03. The number of anilines is 4. The molecule has 1 saturated carbocycles. The highest BCUT2D eigenvalue weighted by Crippen LogP contribution is 2.29. The van der Waals surface area contributed by atoms with Gasteiger partial charge in [0.05, 0.1) is 12.1 Å². The minimum absolute atomic E-state index is 0. The van der Waals surface area contributed by atoms with Crippen LogP contribution in [0.5, 0.6) is 5.75 Å². The van der Waals surface area contributed by atoms with Crippen molar-refractivity contribution in [2.24, 2.45) is 0 Å². The van der Waals surface area contributed by atoms with Crippen LogP contribution in [0, 0.1) is 0 Å². The van der Waals surface area contributed by atoms with Gasteiger partial charge in [0.1, 0.15) is 5.75 Å². The van der Waals surface area contributed by atoms with E-state index >= 15 is 0 Å². The summed E-state index contributed by atoms with van der Waals surface area (Å²) < 4.78 is 5.24. The van der Waals surface area contributed by atoms with E-state index < -0.39 is 0 Å². The Hall–Kier alpha value is -2.32. The lowest BCUT2D eigenvalue weighted by Gasteiger charge is -2.24. The topological polar surface area (TPSA) is 96.0 Å². The molecule has 0 radical (unpaired) electrons. The third-order valence-corrected chi connectivity index (χ3v) is 6.20. The molecule has 8 nitrogen and oxygen atoms in total. The number of rotatable bonds is 7. The fraction of sp³-hybridized carbons (Fsp3) is 0.591.